The van der Waals surface area contributed by atoms with Gasteiger partial charge in [-0.05, 0) is 49.1 Å². The van der Waals surface area contributed by atoms with E-state index in [-0.39, 0.29) is 28.9 Å². The lowest BCUT2D eigenvalue weighted by atomic mass is 10.0. The zero-order chi connectivity index (χ0) is 20.8. The van der Waals surface area contributed by atoms with E-state index in [4.69, 9.17) is 4.74 Å². The van der Waals surface area contributed by atoms with E-state index in [1.54, 1.807) is 0 Å². The monoisotopic (exact) mass is 438 g/mol. The highest BCUT2D eigenvalue weighted by atomic mass is 33.1. The Morgan fingerprint density at radius 3 is 2.66 bits per heavy atom. The number of carboxylic acid groups (broad SMARTS) is 1. The van der Waals surface area contributed by atoms with E-state index in [1.807, 2.05) is 21.6 Å². The van der Waals surface area contributed by atoms with Gasteiger partial charge < -0.3 is 9.84 Å². The molecule has 0 aromatic heterocycles. The van der Waals surface area contributed by atoms with E-state index in [0.29, 0.717) is 11.7 Å². The SMILES string of the molecule is O=C(CCCCC1CCSS1)Oc1ccc(-c2ccc(F)cc2F)cc1C(=O)O. The Labute approximate surface area is 175 Å². The summed E-state index contributed by atoms with van der Waals surface area (Å²) in [5.41, 5.74) is 0.0697. The predicted octanol–water partition coefficient (Wildman–Crippen LogP) is 5.95. The van der Waals surface area contributed by atoms with E-state index in [9.17, 15) is 23.5 Å². The minimum absolute atomic E-state index is 0.0646. The van der Waals surface area contributed by atoms with Gasteiger partial charge in [-0.3, -0.25) is 4.79 Å². The molecule has 154 valence electrons. The van der Waals surface area contributed by atoms with Crippen LogP contribution in [0.4, 0.5) is 8.78 Å². The van der Waals surface area contributed by atoms with Crippen molar-refractivity contribution in [1.82, 2.24) is 0 Å². The topological polar surface area (TPSA) is 63.6 Å². The molecule has 0 spiro atoms. The van der Waals surface area contributed by atoms with Crippen molar-refractivity contribution in [2.75, 3.05) is 5.75 Å². The molecule has 0 bridgehead atoms. The molecule has 1 fully saturated rings. The number of hydrogen-bond donors (Lipinski definition) is 1. The average molecular weight is 439 g/mol. The maximum atomic E-state index is 14.0. The van der Waals surface area contributed by atoms with E-state index in [2.05, 4.69) is 0 Å². The van der Waals surface area contributed by atoms with Crippen LogP contribution in [0.5, 0.6) is 5.75 Å². The third-order valence-corrected chi connectivity index (χ3v) is 7.57. The van der Waals surface area contributed by atoms with Gasteiger partial charge in [-0.15, -0.1) is 0 Å². The first-order valence-electron chi connectivity index (χ1n) is 9.26. The summed E-state index contributed by atoms with van der Waals surface area (Å²) in [6.07, 6.45) is 4.06. The van der Waals surface area contributed by atoms with Gasteiger partial charge in [0.05, 0.1) is 0 Å². The molecule has 3 rings (SSSR count). The van der Waals surface area contributed by atoms with Crippen LogP contribution in [0.2, 0.25) is 0 Å². The Morgan fingerprint density at radius 2 is 1.97 bits per heavy atom. The number of ether oxygens (including phenoxy) is 1. The summed E-state index contributed by atoms with van der Waals surface area (Å²) in [7, 11) is 3.78. The molecule has 0 amide bonds. The lowest BCUT2D eigenvalue weighted by Gasteiger charge is -2.11. The Balaban J connectivity index is 1.64. The number of carbonyl (C=O) groups excluding carboxylic acids is 1. The van der Waals surface area contributed by atoms with Crippen LogP contribution >= 0.6 is 21.6 Å². The first-order valence-corrected chi connectivity index (χ1v) is 11.6. The molecule has 1 unspecified atom stereocenters. The van der Waals surface area contributed by atoms with Crippen molar-refractivity contribution in [2.24, 2.45) is 0 Å². The first kappa shape index (κ1) is 21.6. The van der Waals surface area contributed by atoms with Crippen LogP contribution < -0.4 is 4.74 Å². The zero-order valence-corrected chi connectivity index (χ0v) is 17.2. The normalized spacial score (nSPS) is 16.0. The minimum atomic E-state index is -1.30. The number of rotatable bonds is 8. The number of benzene rings is 2. The number of unbranched alkanes of at least 4 members (excludes halogenated alkanes) is 1. The average Bonchev–Trinajstić information content (AvgIpc) is 3.19. The fourth-order valence-corrected chi connectivity index (χ4v) is 6.08. The van der Waals surface area contributed by atoms with Gasteiger partial charge in [-0.1, -0.05) is 34.1 Å². The summed E-state index contributed by atoms with van der Waals surface area (Å²) >= 11 is 0. The number of aromatic carboxylic acids is 1. The van der Waals surface area contributed by atoms with Gasteiger partial charge in [-0.2, -0.15) is 0 Å². The summed E-state index contributed by atoms with van der Waals surface area (Å²) in [5.74, 6) is -2.23. The number of carbonyl (C=O) groups is 2. The van der Waals surface area contributed by atoms with Gasteiger partial charge in [0.2, 0.25) is 0 Å². The van der Waals surface area contributed by atoms with Gasteiger partial charge in [0, 0.05) is 29.1 Å². The molecule has 1 heterocycles. The Kier molecular flexibility index (Phi) is 7.55. The summed E-state index contributed by atoms with van der Waals surface area (Å²) < 4.78 is 32.3. The van der Waals surface area contributed by atoms with Gasteiger partial charge in [0.1, 0.15) is 22.9 Å². The van der Waals surface area contributed by atoms with Crippen LogP contribution in [0.25, 0.3) is 11.1 Å². The summed E-state index contributed by atoms with van der Waals surface area (Å²) in [6.45, 7) is 0. The number of esters is 1. The molecule has 4 nitrogen and oxygen atoms in total. The summed E-state index contributed by atoms with van der Waals surface area (Å²) in [4.78, 5) is 23.7. The van der Waals surface area contributed by atoms with Crippen LogP contribution in [-0.4, -0.2) is 28.0 Å². The van der Waals surface area contributed by atoms with E-state index in [1.165, 1.54) is 36.4 Å². The van der Waals surface area contributed by atoms with Crippen LogP contribution in [0.15, 0.2) is 36.4 Å². The second-order valence-electron chi connectivity index (χ2n) is 6.69. The highest BCUT2D eigenvalue weighted by Gasteiger charge is 2.19. The van der Waals surface area contributed by atoms with E-state index < -0.39 is 23.6 Å². The minimum Gasteiger partial charge on any atom is -0.478 e. The van der Waals surface area contributed by atoms with Crippen molar-refractivity contribution >= 4 is 33.5 Å². The second-order valence-corrected chi connectivity index (χ2v) is 9.48. The summed E-state index contributed by atoms with van der Waals surface area (Å²) in [5, 5.41) is 10.1. The van der Waals surface area contributed by atoms with E-state index >= 15 is 0 Å². The highest BCUT2D eigenvalue weighted by molar-refractivity contribution is 8.77. The lowest BCUT2D eigenvalue weighted by molar-refractivity contribution is -0.134. The van der Waals surface area contributed by atoms with Crippen LogP contribution in [0, 0.1) is 11.6 Å². The van der Waals surface area contributed by atoms with Crippen molar-refractivity contribution in [3.05, 3.63) is 53.6 Å². The van der Waals surface area contributed by atoms with Crippen molar-refractivity contribution in [2.45, 2.75) is 37.4 Å². The van der Waals surface area contributed by atoms with E-state index in [0.717, 1.165) is 25.0 Å². The third kappa shape index (κ3) is 5.96. The lowest BCUT2D eigenvalue weighted by Crippen LogP contribution is -2.11. The molecule has 2 aromatic rings. The van der Waals surface area contributed by atoms with Crippen LogP contribution in [0.1, 0.15) is 42.5 Å². The standard InChI is InChI=1S/C21H20F2O4S2/c22-14-6-7-16(18(23)12-14)13-5-8-19(17(11-13)21(25)26)27-20(24)4-2-1-3-15-9-10-28-29-15/h5-8,11-12,15H,1-4,9-10H2,(H,25,26). The second kappa shape index (κ2) is 10.1. The maximum absolute atomic E-state index is 14.0. The van der Waals surface area contributed by atoms with Crippen molar-refractivity contribution in [3.8, 4) is 16.9 Å². The Hall–Kier alpha value is -2.06. The molecule has 0 radical (unpaired) electrons. The third-order valence-electron chi connectivity index (χ3n) is 4.56. The molecular formula is C21H20F2O4S2. The number of carboxylic acids is 1. The molecule has 8 heteroatoms. The van der Waals surface area contributed by atoms with Gasteiger partial charge in [0.25, 0.3) is 0 Å². The van der Waals surface area contributed by atoms with Gasteiger partial charge in [-0.25, -0.2) is 13.6 Å². The first-order chi connectivity index (χ1) is 13.9. The molecule has 0 saturated carbocycles. The zero-order valence-electron chi connectivity index (χ0n) is 15.5. The van der Waals surface area contributed by atoms with Crippen LogP contribution in [0.3, 0.4) is 0 Å². The van der Waals surface area contributed by atoms with Crippen molar-refractivity contribution in [1.29, 1.82) is 0 Å². The molecule has 1 aliphatic rings. The smallest absolute Gasteiger partial charge is 0.339 e. The number of hydrogen-bond acceptors (Lipinski definition) is 5. The molecule has 2 aromatic carbocycles. The quantitative estimate of drug-likeness (QED) is 0.238. The molecule has 1 saturated heterocycles. The fraction of sp³-hybridized carbons (Fsp3) is 0.333. The highest BCUT2D eigenvalue weighted by Crippen LogP contribution is 2.40. The largest absolute Gasteiger partial charge is 0.478 e. The van der Waals surface area contributed by atoms with Gasteiger partial charge in [0.15, 0.2) is 0 Å². The predicted molar refractivity (Wildman–Crippen MR) is 111 cm³/mol. The van der Waals surface area contributed by atoms with Crippen LogP contribution in [-0.2, 0) is 4.79 Å². The Bertz CT molecular complexity index is 898. The van der Waals surface area contributed by atoms with Crippen molar-refractivity contribution in [3.63, 3.8) is 0 Å². The molecule has 1 aliphatic heterocycles. The molecule has 1 N–H and O–H groups in total. The summed E-state index contributed by atoms with van der Waals surface area (Å²) in [6, 6.07) is 7.04. The fourth-order valence-electron chi connectivity index (χ4n) is 3.06. The molecule has 29 heavy (non-hydrogen) atoms. The molecule has 0 aliphatic carbocycles. The maximum Gasteiger partial charge on any atom is 0.339 e. The number of halogens is 2. The Morgan fingerprint density at radius 1 is 1.14 bits per heavy atom. The molecule has 1 atom stereocenters. The van der Waals surface area contributed by atoms with Gasteiger partial charge >= 0.3 is 11.9 Å². The molecular weight excluding hydrogens is 418 g/mol. The van der Waals surface area contributed by atoms with Crippen molar-refractivity contribution < 1.29 is 28.2 Å².